The van der Waals surface area contributed by atoms with E-state index in [0.717, 1.165) is 35.4 Å². The van der Waals surface area contributed by atoms with Crippen molar-refractivity contribution in [3.8, 4) is 11.3 Å². The SMILES string of the molecule is CC1(C)C2Cc3c(-c4cccc([N+](=O)[O-])c4)nc(N)nc3C1C2. The third kappa shape index (κ3) is 1.94. The number of hydrogen-bond acceptors (Lipinski definition) is 5. The number of hydrogen-bond donors (Lipinski definition) is 1. The molecule has 2 atom stereocenters. The summed E-state index contributed by atoms with van der Waals surface area (Å²) in [5.74, 6) is 1.26. The Morgan fingerprint density at radius 3 is 2.83 bits per heavy atom. The summed E-state index contributed by atoms with van der Waals surface area (Å²) in [6, 6.07) is 6.58. The third-order valence-corrected chi connectivity index (χ3v) is 5.64. The number of nitro benzene ring substituents is 1. The molecule has 0 spiro atoms. The highest BCUT2D eigenvalue weighted by molar-refractivity contribution is 5.69. The van der Waals surface area contributed by atoms with E-state index in [-0.39, 0.29) is 22.0 Å². The van der Waals surface area contributed by atoms with Crippen LogP contribution >= 0.6 is 0 Å². The van der Waals surface area contributed by atoms with E-state index in [2.05, 4.69) is 23.8 Å². The molecule has 1 saturated carbocycles. The van der Waals surface area contributed by atoms with Gasteiger partial charge in [-0.1, -0.05) is 26.0 Å². The number of nitrogens with zero attached hydrogens (tertiary/aromatic N) is 3. The lowest BCUT2D eigenvalue weighted by Crippen LogP contribution is -2.48. The molecule has 2 bridgehead atoms. The molecule has 0 amide bonds. The van der Waals surface area contributed by atoms with E-state index < -0.39 is 0 Å². The topological polar surface area (TPSA) is 94.9 Å². The second-order valence-corrected chi connectivity index (χ2v) is 7.11. The highest BCUT2D eigenvalue weighted by Crippen LogP contribution is 2.62. The van der Waals surface area contributed by atoms with Crippen LogP contribution < -0.4 is 5.73 Å². The van der Waals surface area contributed by atoms with Crippen molar-refractivity contribution < 1.29 is 4.92 Å². The average Bonchev–Trinajstić information content (AvgIpc) is 2.53. The van der Waals surface area contributed by atoms with Crippen molar-refractivity contribution in [3.63, 3.8) is 0 Å². The first-order valence-electron chi connectivity index (χ1n) is 7.79. The van der Waals surface area contributed by atoms with Crippen LogP contribution in [0.4, 0.5) is 11.6 Å². The first-order chi connectivity index (χ1) is 10.9. The summed E-state index contributed by atoms with van der Waals surface area (Å²) in [7, 11) is 0. The minimum atomic E-state index is -0.388. The van der Waals surface area contributed by atoms with Gasteiger partial charge in [-0.05, 0) is 24.2 Å². The van der Waals surface area contributed by atoms with Crippen LogP contribution in [-0.4, -0.2) is 14.9 Å². The molecule has 1 heterocycles. The molecule has 3 aliphatic rings. The zero-order valence-corrected chi connectivity index (χ0v) is 13.1. The van der Waals surface area contributed by atoms with Gasteiger partial charge in [0, 0.05) is 29.2 Å². The van der Waals surface area contributed by atoms with Crippen LogP contribution in [0, 0.1) is 21.4 Å². The number of nitro groups is 1. The maximum Gasteiger partial charge on any atom is 0.270 e. The predicted octanol–water partition coefficient (Wildman–Crippen LogP) is 3.32. The van der Waals surface area contributed by atoms with E-state index in [4.69, 9.17) is 5.73 Å². The molecule has 5 rings (SSSR count). The zero-order valence-electron chi connectivity index (χ0n) is 13.1. The van der Waals surface area contributed by atoms with Gasteiger partial charge in [0.1, 0.15) is 0 Å². The lowest BCUT2D eigenvalue weighted by molar-refractivity contribution is -0.384. The number of nitrogens with two attached hydrogens (primary N) is 1. The summed E-state index contributed by atoms with van der Waals surface area (Å²) in [6.45, 7) is 4.56. The smallest absolute Gasteiger partial charge is 0.270 e. The van der Waals surface area contributed by atoms with Gasteiger partial charge in [0.2, 0.25) is 5.95 Å². The van der Waals surface area contributed by atoms with Crippen molar-refractivity contribution in [3.05, 3.63) is 45.6 Å². The Hall–Kier alpha value is -2.50. The molecular weight excluding hydrogens is 292 g/mol. The molecule has 6 nitrogen and oxygen atoms in total. The molecule has 118 valence electrons. The van der Waals surface area contributed by atoms with Gasteiger partial charge in [-0.3, -0.25) is 10.1 Å². The second kappa shape index (κ2) is 4.50. The Kier molecular flexibility index (Phi) is 2.76. The van der Waals surface area contributed by atoms with E-state index >= 15 is 0 Å². The highest BCUT2D eigenvalue weighted by atomic mass is 16.6. The predicted molar refractivity (Wildman–Crippen MR) is 86.9 cm³/mol. The van der Waals surface area contributed by atoms with Gasteiger partial charge >= 0.3 is 0 Å². The second-order valence-electron chi connectivity index (χ2n) is 7.11. The van der Waals surface area contributed by atoms with Crippen molar-refractivity contribution in [2.24, 2.45) is 11.3 Å². The van der Waals surface area contributed by atoms with Gasteiger partial charge in [0.25, 0.3) is 5.69 Å². The summed E-state index contributed by atoms with van der Waals surface area (Å²) >= 11 is 0. The van der Waals surface area contributed by atoms with Crippen LogP contribution in [0.2, 0.25) is 0 Å². The fourth-order valence-corrected chi connectivity index (χ4v) is 4.09. The molecule has 6 heteroatoms. The Labute approximate surface area is 133 Å². The standard InChI is InChI=1S/C17H18N4O2/c1-17(2)10-7-12-14(9-4-3-5-11(6-9)21(22)23)19-16(18)20-15(12)13(17)8-10/h3-6,10,13H,7-8H2,1-2H3,(H2,18,19,20). The molecule has 2 N–H and O–H groups in total. The lowest BCUT2D eigenvalue weighted by Gasteiger charge is -2.56. The van der Waals surface area contributed by atoms with Crippen LogP contribution in [0.3, 0.4) is 0 Å². The first kappa shape index (κ1) is 14.1. The molecular formula is C17H18N4O2. The molecule has 1 aromatic heterocycles. The number of anilines is 1. The number of rotatable bonds is 2. The Morgan fingerprint density at radius 1 is 1.35 bits per heavy atom. The van der Waals surface area contributed by atoms with Gasteiger partial charge < -0.3 is 5.73 Å². The maximum absolute atomic E-state index is 11.0. The molecule has 1 fully saturated rings. The third-order valence-electron chi connectivity index (χ3n) is 5.64. The van der Waals surface area contributed by atoms with Gasteiger partial charge in [0.15, 0.2) is 0 Å². The molecule has 2 unspecified atom stereocenters. The van der Waals surface area contributed by atoms with Crippen LogP contribution in [0.15, 0.2) is 24.3 Å². The fourth-order valence-electron chi connectivity index (χ4n) is 4.09. The average molecular weight is 310 g/mol. The van der Waals surface area contributed by atoms with Crippen LogP contribution in [-0.2, 0) is 6.42 Å². The van der Waals surface area contributed by atoms with Crippen molar-refractivity contribution in [1.82, 2.24) is 9.97 Å². The number of nitrogen functional groups attached to an aromatic ring is 1. The first-order valence-corrected chi connectivity index (χ1v) is 7.79. The number of non-ortho nitro benzene ring substituents is 1. The van der Waals surface area contributed by atoms with Crippen LogP contribution in [0.1, 0.15) is 37.4 Å². The minimum absolute atomic E-state index is 0.0646. The Balaban J connectivity index is 1.89. The van der Waals surface area contributed by atoms with Crippen LogP contribution in [0.25, 0.3) is 11.3 Å². The van der Waals surface area contributed by atoms with Gasteiger partial charge in [0.05, 0.1) is 16.3 Å². The number of benzene rings is 1. The zero-order chi connectivity index (χ0) is 16.4. The highest BCUT2D eigenvalue weighted by Gasteiger charge is 2.54. The minimum Gasteiger partial charge on any atom is -0.368 e. The van der Waals surface area contributed by atoms with Crippen molar-refractivity contribution in [1.29, 1.82) is 0 Å². The Morgan fingerprint density at radius 2 is 2.13 bits per heavy atom. The van der Waals surface area contributed by atoms with E-state index in [0.29, 0.717) is 11.8 Å². The van der Waals surface area contributed by atoms with E-state index in [1.165, 1.54) is 6.07 Å². The largest absolute Gasteiger partial charge is 0.368 e. The maximum atomic E-state index is 11.0. The van der Waals surface area contributed by atoms with E-state index in [1.807, 2.05) is 6.07 Å². The number of aromatic nitrogens is 2. The fraction of sp³-hybridized carbons (Fsp3) is 0.412. The molecule has 3 aliphatic carbocycles. The quantitative estimate of drug-likeness (QED) is 0.678. The van der Waals surface area contributed by atoms with Crippen molar-refractivity contribution >= 4 is 11.6 Å². The molecule has 0 saturated heterocycles. The monoisotopic (exact) mass is 310 g/mol. The van der Waals surface area contributed by atoms with Crippen molar-refractivity contribution in [2.75, 3.05) is 5.73 Å². The molecule has 1 aromatic carbocycles. The normalized spacial score (nSPS) is 23.7. The molecule has 0 aliphatic heterocycles. The van der Waals surface area contributed by atoms with Gasteiger partial charge in [-0.15, -0.1) is 0 Å². The summed E-state index contributed by atoms with van der Waals surface area (Å²) < 4.78 is 0. The van der Waals surface area contributed by atoms with E-state index in [9.17, 15) is 10.1 Å². The van der Waals surface area contributed by atoms with Crippen LogP contribution in [0.5, 0.6) is 0 Å². The summed E-state index contributed by atoms with van der Waals surface area (Å²) in [5.41, 5.74) is 9.87. The Bertz CT molecular complexity index is 831. The summed E-state index contributed by atoms with van der Waals surface area (Å²) in [4.78, 5) is 19.6. The molecule has 23 heavy (non-hydrogen) atoms. The van der Waals surface area contributed by atoms with Gasteiger partial charge in [-0.2, -0.15) is 0 Å². The summed E-state index contributed by atoms with van der Waals surface area (Å²) in [6.07, 6.45) is 2.06. The molecule has 2 aromatic rings. The van der Waals surface area contributed by atoms with E-state index in [1.54, 1.807) is 12.1 Å². The molecule has 0 radical (unpaired) electrons. The van der Waals surface area contributed by atoms with Crippen molar-refractivity contribution in [2.45, 2.75) is 32.6 Å². The lowest BCUT2D eigenvalue weighted by atomic mass is 9.48. The summed E-state index contributed by atoms with van der Waals surface area (Å²) in [5, 5.41) is 11.0. The van der Waals surface area contributed by atoms with Gasteiger partial charge in [-0.25, -0.2) is 9.97 Å².